The summed E-state index contributed by atoms with van der Waals surface area (Å²) in [6.07, 6.45) is 9.91. The van der Waals surface area contributed by atoms with Crippen LogP contribution in [0.5, 0.6) is 0 Å². The molecule has 0 bridgehead atoms. The van der Waals surface area contributed by atoms with Gasteiger partial charge in [-0.2, -0.15) is 0 Å². The molecule has 0 unspecified atom stereocenters. The normalized spacial score (nSPS) is 18.0. The van der Waals surface area contributed by atoms with Gasteiger partial charge in [-0.3, -0.25) is 9.59 Å². The maximum absolute atomic E-state index is 12.9. The van der Waals surface area contributed by atoms with Crippen molar-refractivity contribution in [1.29, 1.82) is 0 Å². The summed E-state index contributed by atoms with van der Waals surface area (Å²) < 4.78 is 12.9. The van der Waals surface area contributed by atoms with Crippen LogP contribution in [0, 0.1) is 17.7 Å². The van der Waals surface area contributed by atoms with E-state index < -0.39 is 0 Å². The number of hydrogen-bond donors (Lipinski definition) is 1. The van der Waals surface area contributed by atoms with E-state index in [1.807, 2.05) is 4.90 Å². The van der Waals surface area contributed by atoms with Gasteiger partial charge in [-0.15, -0.1) is 0 Å². The number of halogens is 1. The molecule has 1 aromatic rings. The lowest BCUT2D eigenvalue weighted by Gasteiger charge is -2.33. The molecule has 1 aliphatic carbocycles. The summed E-state index contributed by atoms with van der Waals surface area (Å²) in [5, 5.41) is 3.03. The Morgan fingerprint density at radius 2 is 1.74 bits per heavy atom. The van der Waals surface area contributed by atoms with Crippen molar-refractivity contribution in [2.45, 2.75) is 44.9 Å². The van der Waals surface area contributed by atoms with Crippen molar-refractivity contribution in [2.75, 3.05) is 19.6 Å². The van der Waals surface area contributed by atoms with Crippen LogP contribution in [0.15, 0.2) is 36.4 Å². The van der Waals surface area contributed by atoms with Crippen molar-refractivity contribution in [3.63, 3.8) is 0 Å². The van der Waals surface area contributed by atoms with E-state index in [9.17, 15) is 14.0 Å². The van der Waals surface area contributed by atoms with Gasteiger partial charge < -0.3 is 10.2 Å². The molecular formula is C22H29FN2O2. The van der Waals surface area contributed by atoms with Crippen LogP contribution in [-0.4, -0.2) is 36.3 Å². The van der Waals surface area contributed by atoms with Crippen LogP contribution in [0.1, 0.15) is 44.1 Å². The Balaban J connectivity index is 1.28. The quantitative estimate of drug-likeness (QED) is 0.745. The lowest BCUT2D eigenvalue weighted by atomic mass is 9.95. The molecule has 0 aromatic heterocycles. The number of likely N-dealkylation sites (tertiary alicyclic amines) is 1. The van der Waals surface area contributed by atoms with Gasteiger partial charge in [-0.05, 0) is 62.1 Å². The third-order valence-electron chi connectivity index (χ3n) is 5.65. The molecule has 2 amide bonds. The SMILES string of the molecule is O=C(CCCc1ccc(F)cc1)NCC1CCN(C(=O)C2CC=CC2)CC1. The minimum absolute atomic E-state index is 0.0765. The van der Waals surface area contributed by atoms with E-state index in [4.69, 9.17) is 0 Å². The number of allylic oxidation sites excluding steroid dienone is 2. The molecule has 0 saturated carbocycles. The molecule has 1 heterocycles. The van der Waals surface area contributed by atoms with Crippen molar-refractivity contribution in [2.24, 2.45) is 11.8 Å². The Hall–Kier alpha value is -2.17. The Kier molecular flexibility index (Phi) is 7.02. The Bertz CT molecular complexity index is 655. The molecule has 0 radical (unpaired) electrons. The predicted octanol–water partition coefficient (Wildman–Crippen LogP) is 3.47. The predicted molar refractivity (Wildman–Crippen MR) is 104 cm³/mol. The first-order valence-corrected chi connectivity index (χ1v) is 10.1. The fourth-order valence-corrected chi connectivity index (χ4v) is 3.89. The van der Waals surface area contributed by atoms with Gasteiger partial charge in [-0.25, -0.2) is 4.39 Å². The van der Waals surface area contributed by atoms with E-state index in [0.29, 0.717) is 24.8 Å². The molecule has 1 saturated heterocycles. The van der Waals surface area contributed by atoms with Crippen LogP contribution in [0.2, 0.25) is 0 Å². The second kappa shape index (κ2) is 9.67. The Labute approximate surface area is 160 Å². The average molecular weight is 372 g/mol. The number of benzene rings is 1. The van der Waals surface area contributed by atoms with Crippen LogP contribution >= 0.6 is 0 Å². The smallest absolute Gasteiger partial charge is 0.226 e. The van der Waals surface area contributed by atoms with E-state index >= 15 is 0 Å². The van der Waals surface area contributed by atoms with Crippen molar-refractivity contribution in [3.05, 3.63) is 47.8 Å². The molecule has 3 rings (SSSR count). The third-order valence-corrected chi connectivity index (χ3v) is 5.65. The van der Waals surface area contributed by atoms with Gasteiger partial charge in [0, 0.05) is 32.0 Å². The van der Waals surface area contributed by atoms with Crippen LogP contribution < -0.4 is 5.32 Å². The standard InChI is InChI=1S/C22H29FN2O2/c23-20-10-8-17(9-11-20)4-3-7-21(26)24-16-18-12-14-25(15-13-18)22(27)19-5-1-2-6-19/h1-2,8-11,18-19H,3-7,12-16H2,(H,24,26). The number of hydrogen-bond acceptors (Lipinski definition) is 2. The van der Waals surface area contributed by atoms with E-state index in [1.165, 1.54) is 12.1 Å². The summed E-state index contributed by atoms with van der Waals surface area (Å²) in [4.78, 5) is 26.5. The molecule has 1 fully saturated rings. The van der Waals surface area contributed by atoms with Gasteiger partial charge in [0.05, 0.1) is 0 Å². The highest BCUT2D eigenvalue weighted by molar-refractivity contribution is 5.79. The molecule has 0 spiro atoms. The summed E-state index contributed by atoms with van der Waals surface area (Å²) in [6.45, 7) is 2.31. The second-order valence-corrected chi connectivity index (χ2v) is 7.69. The van der Waals surface area contributed by atoms with E-state index in [1.54, 1.807) is 12.1 Å². The number of nitrogens with one attached hydrogen (secondary N) is 1. The first kappa shape index (κ1) is 19.6. The first-order valence-electron chi connectivity index (χ1n) is 10.1. The maximum Gasteiger partial charge on any atom is 0.226 e. The van der Waals surface area contributed by atoms with E-state index in [2.05, 4.69) is 17.5 Å². The third kappa shape index (κ3) is 5.91. The van der Waals surface area contributed by atoms with Crippen molar-refractivity contribution < 1.29 is 14.0 Å². The highest BCUT2D eigenvalue weighted by Gasteiger charge is 2.28. The summed E-state index contributed by atoms with van der Waals surface area (Å²) in [6, 6.07) is 6.44. The van der Waals surface area contributed by atoms with Gasteiger partial charge in [0.15, 0.2) is 0 Å². The molecule has 146 valence electrons. The summed E-state index contributed by atoms with van der Waals surface area (Å²) >= 11 is 0. The molecule has 5 heteroatoms. The van der Waals surface area contributed by atoms with Crippen LogP contribution in [-0.2, 0) is 16.0 Å². The molecule has 4 nitrogen and oxygen atoms in total. The largest absolute Gasteiger partial charge is 0.356 e. The summed E-state index contributed by atoms with van der Waals surface area (Å²) in [5.41, 5.74) is 1.05. The minimum Gasteiger partial charge on any atom is -0.356 e. The monoisotopic (exact) mass is 372 g/mol. The molecular weight excluding hydrogens is 343 g/mol. The minimum atomic E-state index is -0.232. The van der Waals surface area contributed by atoms with Crippen molar-refractivity contribution >= 4 is 11.8 Å². The summed E-state index contributed by atoms with van der Waals surface area (Å²) in [5.74, 6) is 0.749. The Morgan fingerprint density at radius 3 is 2.41 bits per heavy atom. The van der Waals surface area contributed by atoms with Gasteiger partial charge in [-0.1, -0.05) is 24.3 Å². The van der Waals surface area contributed by atoms with Gasteiger partial charge in [0.1, 0.15) is 5.82 Å². The van der Waals surface area contributed by atoms with E-state index in [-0.39, 0.29) is 17.6 Å². The number of rotatable bonds is 7. The zero-order valence-electron chi connectivity index (χ0n) is 15.8. The second-order valence-electron chi connectivity index (χ2n) is 7.69. The molecule has 27 heavy (non-hydrogen) atoms. The zero-order chi connectivity index (χ0) is 19.1. The number of aryl methyl sites for hydroxylation is 1. The molecule has 0 atom stereocenters. The van der Waals surface area contributed by atoms with Crippen LogP contribution in [0.25, 0.3) is 0 Å². The van der Waals surface area contributed by atoms with Gasteiger partial charge in [0.2, 0.25) is 11.8 Å². The number of nitrogens with zero attached hydrogens (tertiary/aromatic N) is 1. The molecule has 1 N–H and O–H groups in total. The lowest BCUT2D eigenvalue weighted by molar-refractivity contribution is -0.136. The van der Waals surface area contributed by atoms with Crippen molar-refractivity contribution in [1.82, 2.24) is 10.2 Å². The zero-order valence-corrected chi connectivity index (χ0v) is 15.8. The number of piperidine rings is 1. The number of carbonyl (C=O) groups excluding carboxylic acids is 2. The van der Waals surface area contributed by atoms with Crippen LogP contribution in [0.4, 0.5) is 4.39 Å². The number of carbonyl (C=O) groups is 2. The van der Waals surface area contributed by atoms with Crippen molar-refractivity contribution in [3.8, 4) is 0 Å². The highest BCUT2D eigenvalue weighted by atomic mass is 19.1. The highest BCUT2D eigenvalue weighted by Crippen LogP contribution is 2.24. The summed E-state index contributed by atoms with van der Waals surface area (Å²) in [7, 11) is 0. The lowest BCUT2D eigenvalue weighted by Crippen LogP contribution is -2.43. The molecule has 1 aliphatic heterocycles. The maximum atomic E-state index is 12.9. The fraction of sp³-hybridized carbons (Fsp3) is 0.545. The molecule has 2 aliphatic rings. The fourth-order valence-electron chi connectivity index (χ4n) is 3.89. The number of amides is 2. The van der Waals surface area contributed by atoms with Gasteiger partial charge >= 0.3 is 0 Å². The van der Waals surface area contributed by atoms with Crippen LogP contribution in [0.3, 0.4) is 0 Å². The van der Waals surface area contributed by atoms with Gasteiger partial charge in [0.25, 0.3) is 0 Å². The average Bonchev–Trinajstić information content (AvgIpc) is 3.22. The topological polar surface area (TPSA) is 49.4 Å². The first-order chi connectivity index (χ1) is 13.1. The Morgan fingerprint density at radius 1 is 1.07 bits per heavy atom. The van der Waals surface area contributed by atoms with E-state index in [0.717, 1.165) is 57.2 Å². The molecule has 1 aromatic carbocycles.